The molecule has 0 heterocycles. The Morgan fingerprint density at radius 3 is 1.23 bits per heavy atom. The van der Waals surface area contributed by atoms with Gasteiger partial charge in [0.15, 0.2) is 0 Å². The van der Waals surface area contributed by atoms with E-state index in [1.54, 1.807) is 0 Å². The fraction of sp³-hybridized carbons (Fsp3) is 0.588. The number of hydrogen-bond donors (Lipinski definition) is 7. The SMILES string of the molecule is CC(=O)N[C@@H](CCC(=O)O)C(=O)N[C@@H](CCC(=O)O)C(=O)N[C@@H](CCC(=O)O)C(=O)O. The number of carboxylic acids is 4. The lowest BCUT2D eigenvalue weighted by Crippen LogP contribution is -2.55. The third-order valence-electron chi connectivity index (χ3n) is 3.88. The topological polar surface area (TPSA) is 236 Å². The van der Waals surface area contributed by atoms with Gasteiger partial charge in [-0.2, -0.15) is 0 Å². The van der Waals surface area contributed by atoms with Crippen LogP contribution in [-0.2, 0) is 33.6 Å². The molecule has 7 N–H and O–H groups in total. The Labute approximate surface area is 176 Å². The molecule has 0 bridgehead atoms. The van der Waals surface area contributed by atoms with Gasteiger partial charge in [-0.1, -0.05) is 0 Å². The van der Waals surface area contributed by atoms with E-state index in [-0.39, 0.29) is 6.42 Å². The van der Waals surface area contributed by atoms with Gasteiger partial charge < -0.3 is 36.4 Å². The van der Waals surface area contributed by atoms with E-state index in [1.807, 2.05) is 5.32 Å². The second-order valence-electron chi connectivity index (χ2n) is 6.51. The maximum absolute atomic E-state index is 12.5. The maximum Gasteiger partial charge on any atom is 0.326 e. The average Bonchev–Trinajstić information content (AvgIpc) is 2.63. The quantitative estimate of drug-likeness (QED) is 0.147. The van der Waals surface area contributed by atoms with Crippen molar-refractivity contribution in [2.75, 3.05) is 0 Å². The molecule has 0 aromatic carbocycles. The van der Waals surface area contributed by atoms with Crippen LogP contribution in [0.3, 0.4) is 0 Å². The van der Waals surface area contributed by atoms with Crippen molar-refractivity contribution >= 4 is 41.6 Å². The molecule has 0 aromatic rings. The van der Waals surface area contributed by atoms with Gasteiger partial charge in [-0.25, -0.2) is 4.79 Å². The second kappa shape index (κ2) is 13.5. The number of amides is 3. The van der Waals surface area contributed by atoms with Gasteiger partial charge in [0.25, 0.3) is 0 Å². The monoisotopic (exact) mass is 447 g/mol. The molecule has 0 spiro atoms. The van der Waals surface area contributed by atoms with Gasteiger partial charge in [0.1, 0.15) is 18.1 Å². The predicted molar refractivity (Wildman–Crippen MR) is 99.7 cm³/mol. The highest BCUT2D eigenvalue weighted by Crippen LogP contribution is 2.05. The molecule has 3 atom stereocenters. The van der Waals surface area contributed by atoms with E-state index in [4.69, 9.17) is 20.4 Å². The first-order valence-corrected chi connectivity index (χ1v) is 9.09. The molecule has 0 rings (SSSR count). The molecular formula is C17H25N3O11. The van der Waals surface area contributed by atoms with Crippen LogP contribution < -0.4 is 16.0 Å². The zero-order valence-electron chi connectivity index (χ0n) is 16.6. The van der Waals surface area contributed by atoms with Crippen LogP contribution in [0.25, 0.3) is 0 Å². The summed E-state index contributed by atoms with van der Waals surface area (Å²) in [6.07, 6.45) is -2.84. The maximum atomic E-state index is 12.5. The second-order valence-corrected chi connectivity index (χ2v) is 6.51. The highest BCUT2D eigenvalue weighted by atomic mass is 16.4. The summed E-state index contributed by atoms with van der Waals surface area (Å²) in [5.41, 5.74) is 0. The lowest BCUT2D eigenvalue weighted by Gasteiger charge is -2.23. The van der Waals surface area contributed by atoms with Crippen LogP contribution in [0.15, 0.2) is 0 Å². The van der Waals surface area contributed by atoms with Crippen LogP contribution in [0.2, 0.25) is 0 Å². The van der Waals surface area contributed by atoms with E-state index < -0.39 is 91.8 Å². The number of nitrogens with one attached hydrogen (secondary N) is 3. The lowest BCUT2D eigenvalue weighted by molar-refractivity contribution is -0.144. The third-order valence-corrected chi connectivity index (χ3v) is 3.88. The Morgan fingerprint density at radius 1 is 0.581 bits per heavy atom. The summed E-state index contributed by atoms with van der Waals surface area (Å²) in [7, 11) is 0. The highest BCUT2D eigenvalue weighted by Gasteiger charge is 2.30. The van der Waals surface area contributed by atoms with Crippen molar-refractivity contribution in [1.29, 1.82) is 0 Å². The van der Waals surface area contributed by atoms with Crippen molar-refractivity contribution < 1.29 is 54.0 Å². The smallest absolute Gasteiger partial charge is 0.326 e. The summed E-state index contributed by atoms with van der Waals surface area (Å²) in [4.78, 5) is 79.6. The van der Waals surface area contributed by atoms with Crippen LogP contribution in [-0.4, -0.2) is 80.2 Å². The molecule has 0 aromatic heterocycles. The number of hydrogen-bond acceptors (Lipinski definition) is 7. The molecular weight excluding hydrogens is 422 g/mol. The molecule has 3 amide bonds. The number of rotatable bonds is 15. The molecule has 31 heavy (non-hydrogen) atoms. The van der Waals surface area contributed by atoms with Crippen molar-refractivity contribution in [3.63, 3.8) is 0 Å². The largest absolute Gasteiger partial charge is 0.481 e. The van der Waals surface area contributed by atoms with Crippen molar-refractivity contribution in [2.24, 2.45) is 0 Å². The first-order chi connectivity index (χ1) is 14.3. The summed E-state index contributed by atoms with van der Waals surface area (Å²) in [5, 5.41) is 41.8. The number of carbonyl (C=O) groups excluding carboxylic acids is 3. The zero-order chi connectivity index (χ0) is 24.1. The predicted octanol–water partition coefficient (Wildman–Crippen LogP) is -1.86. The van der Waals surface area contributed by atoms with Crippen LogP contribution in [0, 0.1) is 0 Å². The molecule has 14 nitrogen and oxygen atoms in total. The number of aliphatic carboxylic acids is 4. The minimum atomic E-state index is -1.61. The number of carbonyl (C=O) groups is 7. The van der Waals surface area contributed by atoms with Gasteiger partial charge in [-0.3, -0.25) is 28.8 Å². The van der Waals surface area contributed by atoms with E-state index in [2.05, 4.69) is 10.6 Å². The Balaban J connectivity index is 5.41. The van der Waals surface area contributed by atoms with Crippen LogP contribution in [0.5, 0.6) is 0 Å². The normalized spacial score (nSPS) is 13.2. The minimum Gasteiger partial charge on any atom is -0.481 e. The standard InChI is InChI=1S/C17H25N3O11/c1-8(21)18-9(2-5-12(22)23)15(28)19-10(3-6-13(24)25)16(29)20-11(17(30)31)4-7-14(26)27/h9-11H,2-7H2,1H3,(H,18,21)(H,19,28)(H,20,29)(H,22,23)(H,24,25)(H,26,27)(H,30,31)/t9-,10-,11-/m0/s1. The van der Waals surface area contributed by atoms with Gasteiger partial charge in [0, 0.05) is 26.2 Å². The van der Waals surface area contributed by atoms with Gasteiger partial charge in [0.2, 0.25) is 17.7 Å². The van der Waals surface area contributed by atoms with Gasteiger partial charge in [-0.15, -0.1) is 0 Å². The molecule has 0 saturated heterocycles. The molecule has 14 heteroatoms. The van der Waals surface area contributed by atoms with Crippen LogP contribution >= 0.6 is 0 Å². The first kappa shape index (κ1) is 27.3. The minimum absolute atomic E-state index is 0.315. The summed E-state index contributed by atoms with van der Waals surface area (Å²) >= 11 is 0. The Kier molecular flexibility index (Phi) is 11.9. The molecule has 0 unspecified atom stereocenters. The van der Waals surface area contributed by atoms with E-state index in [1.165, 1.54) is 0 Å². The van der Waals surface area contributed by atoms with Gasteiger partial charge in [0.05, 0.1) is 0 Å². The number of carboxylic acid groups (broad SMARTS) is 4. The summed E-state index contributed by atoms with van der Waals surface area (Å²) < 4.78 is 0. The summed E-state index contributed by atoms with van der Waals surface area (Å²) in [6, 6.07) is -4.47. The Morgan fingerprint density at radius 2 is 0.903 bits per heavy atom. The Hall–Kier alpha value is -3.71. The van der Waals surface area contributed by atoms with E-state index in [0.717, 1.165) is 6.92 Å². The lowest BCUT2D eigenvalue weighted by atomic mass is 10.1. The molecule has 0 saturated carbocycles. The van der Waals surface area contributed by atoms with E-state index in [0.29, 0.717) is 0 Å². The van der Waals surface area contributed by atoms with Crippen LogP contribution in [0.4, 0.5) is 0 Å². The van der Waals surface area contributed by atoms with Crippen molar-refractivity contribution in [2.45, 2.75) is 63.6 Å². The molecule has 0 aliphatic rings. The molecule has 0 aliphatic heterocycles. The fourth-order valence-corrected chi connectivity index (χ4v) is 2.39. The van der Waals surface area contributed by atoms with Crippen molar-refractivity contribution in [1.82, 2.24) is 16.0 Å². The molecule has 174 valence electrons. The summed E-state index contributed by atoms with van der Waals surface area (Å²) in [6.45, 7) is 1.08. The van der Waals surface area contributed by atoms with Crippen LogP contribution in [0.1, 0.15) is 45.4 Å². The third kappa shape index (κ3) is 12.5. The average molecular weight is 447 g/mol. The van der Waals surface area contributed by atoms with E-state index >= 15 is 0 Å². The first-order valence-electron chi connectivity index (χ1n) is 9.09. The van der Waals surface area contributed by atoms with Crippen molar-refractivity contribution in [3.8, 4) is 0 Å². The molecule has 0 radical (unpaired) electrons. The zero-order valence-corrected chi connectivity index (χ0v) is 16.6. The van der Waals surface area contributed by atoms with E-state index in [9.17, 15) is 33.6 Å². The van der Waals surface area contributed by atoms with Gasteiger partial charge in [-0.05, 0) is 19.3 Å². The van der Waals surface area contributed by atoms with Crippen molar-refractivity contribution in [3.05, 3.63) is 0 Å². The fourth-order valence-electron chi connectivity index (χ4n) is 2.39. The molecule has 0 aliphatic carbocycles. The summed E-state index contributed by atoms with van der Waals surface area (Å²) in [5.74, 6) is -8.09. The highest BCUT2D eigenvalue weighted by molar-refractivity contribution is 5.93. The van der Waals surface area contributed by atoms with Gasteiger partial charge >= 0.3 is 23.9 Å². The molecule has 0 fully saturated rings. The Bertz CT molecular complexity index is 722.